The quantitative estimate of drug-likeness (QED) is 0.351. The zero-order valence-corrected chi connectivity index (χ0v) is 14.7. The predicted octanol–water partition coefficient (Wildman–Crippen LogP) is 1.71. The first kappa shape index (κ1) is 20.8. The van der Waals surface area contributed by atoms with E-state index in [0.717, 1.165) is 12.8 Å². The Bertz CT molecular complexity index is 290. The van der Waals surface area contributed by atoms with E-state index in [4.69, 9.17) is 0 Å². The van der Waals surface area contributed by atoms with Crippen molar-refractivity contribution in [2.75, 3.05) is 6.61 Å². The van der Waals surface area contributed by atoms with Crippen molar-refractivity contribution >= 4 is 0 Å². The van der Waals surface area contributed by atoms with Gasteiger partial charge in [0.15, 0.2) is 0 Å². The fourth-order valence-electron chi connectivity index (χ4n) is 3.45. The maximum absolute atomic E-state index is 10.1. The van der Waals surface area contributed by atoms with Crippen molar-refractivity contribution in [1.29, 1.82) is 0 Å². The molecule has 5 nitrogen and oxygen atoms in total. The number of unbranched alkanes of at least 4 members (excludes halogenated alkanes) is 7. The molecule has 0 amide bonds. The Morgan fingerprint density at radius 3 is 2.22 bits per heavy atom. The third-order valence-electron chi connectivity index (χ3n) is 4.93. The number of hydrogen-bond donors (Lipinski definition) is 5. The van der Waals surface area contributed by atoms with Crippen molar-refractivity contribution in [2.45, 2.75) is 108 Å². The molecule has 1 saturated heterocycles. The highest BCUT2D eigenvalue weighted by Gasteiger charge is 2.35. The summed E-state index contributed by atoms with van der Waals surface area (Å²) in [5, 5.41) is 42.0. The van der Waals surface area contributed by atoms with Crippen molar-refractivity contribution in [1.82, 2.24) is 5.32 Å². The van der Waals surface area contributed by atoms with Crippen molar-refractivity contribution < 1.29 is 20.4 Å². The lowest BCUT2D eigenvalue weighted by molar-refractivity contribution is -0.0559. The number of aliphatic hydroxyl groups excluding tert-OH is 4. The summed E-state index contributed by atoms with van der Waals surface area (Å²) in [5.41, 5.74) is 0. The maximum atomic E-state index is 10.1. The van der Waals surface area contributed by atoms with Gasteiger partial charge in [-0.15, -0.1) is 0 Å². The van der Waals surface area contributed by atoms with E-state index in [1.54, 1.807) is 0 Å². The molecule has 1 fully saturated rings. The van der Waals surface area contributed by atoms with Crippen LogP contribution in [0.1, 0.15) is 77.6 Å². The fraction of sp³-hybridized carbons (Fsp3) is 1.00. The van der Waals surface area contributed by atoms with Crippen LogP contribution in [0.15, 0.2) is 0 Å². The molecule has 0 radical (unpaired) electrons. The van der Waals surface area contributed by atoms with Crippen LogP contribution in [0.2, 0.25) is 0 Å². The third-order valence-corrected chi connectivity index (χ3v) is 4.93. The van der Waals surface area contributed by atoms with Crippen molar-refractivity contribution in [3.8, 4) is 0 Å². The number of hydrogen-bond acceptors (Lipinski definition) is 5. The fourth-order valence-corrected chi connectivity index (χ4v) is 3.45. The van der Waals surface area contributed by atoms with E-state index in [-0.39, 0.29) is 18.8 Å². The van der Waals surface area contributed by atoms with Gasteiger partial charge in [0.2, 0.25) is 0 Å². The van der Waals surface area contributed by atoms with Crippen LogP contribution in [0.5, 0.6) is 0 Å². The summed E-state index contributed by atoms with van der Waals surface area (Å²) >= 11 is 0. The molecule has 1 aliphatic heterocycles. The summed E-state index contributed by atoms with van der Waals surface area (Å²) in [6.07, 6.45) is 9.67. The first-order chi connectivity index (χ1) is 11.1. The monoisotopic (exact) mass is 331 g/mol. The van der Waals surface area contributed by atoms with Crippen LogP contribution in [0.25, 0.3) is 0 Å². The molecule has 1 aliphatic rings. The summed E-state index contributed by atoms with van der Waals surface area (Å²) in [7, 11) is 0. The van der Waals surface area contributed by atoms with Crippen LogP contribution in [0.4, 0.5) is 0 Å². The van der Waals surface area contributed by atoms with E-state index in [9.17, 15) is 20.4 Å². The van der Waals surface area contributed by atoms with Crippen LogP contribution < -0.4 is 5.32 Å². The normalized spacial score (nSPS) is 29.6. The largest absolute Gasteiger partial charge is 0.395 e. The minimum absolute atomic E-state index is 0.0467. The van der Waals surface area contributed by atoms with Crippen molar-refractivity contribution in [3.63, 3.8) is 0 Å². The summed E-state index contributed by atoms with van der Waals surface area (Å²) in [6, 6.07) is -0.548. The number of piperidine rings is 1. The van der Waals surface area contributed by atoms with Gasteiger partial charge in [-0.25, -0.2) is 0 Å². The zero-order chi connectivity index (χ0) is 17.1. The maximum Gasteiger partial charge on any atom is 0.0974 e. The molecule has 0 aliphatic carbocycles. The van der Waals surface area contributed by atoms with Gasteiger partial charge < -0.3 is 25.7 Å². The van der Waals surface area contributed by atoms with E-state index in [1.807, 2.05) is 0 Å². The van der Waals surface area contributed by atoms with Gasteiger partial charge in [-0.3, -0.25) is 0 Å². The summed E-state index contributed by atoms with van der Waals surface area (Å²) in [4.78, 5) is 0. The first-order valence-corrected chi connectivity index (χ1v) is 9.49. The lowest BCUT2D eigenvalue weighted by atomic mass is 9.89. The number of rotatable bonds is 12. The molecule has 0 aromatic heterocycles. The molecule has 0 spiro atoms. The van der Waals surface area contributed by atoms with E-state index in [1.165, 1.54) is 44.9 Å². The highest BCUT2D eigenvalue weighted by molar-refractivity contribution is 4.92. The molecule has 1 heterocycles. The molecule has 5 heteroatoms. The second kappa shape index (κ2) is 12.2. The Balaban J connectivity index is 2.08. The summed E-state index contributed by atoms with van der Waals surface area (Å²) in [6.45, 7) is 2.02. The van der Waals surface area contributed by atoms with Gasteiger partial charge in [0, 0.05) is 6.04 Å². The minimum atomic E-state index is -0.930. The average molecular weight is 331 g/mol. The van der Waals surface area contributed by atoms with Crippen molar-refractivity contribution in [2.24, 2.45) is 0 Å². The average Bonchev–Trinajstić information content (AvgIpc) is 2.53. The van der Waals surface area contributed by atoms with Crippen LogP contribution in [-0.4, -0.2) is 57.4 Å². The SMILES string of the molecule is CCCCCCCCCCC(O)C[C@H]1C[C@H](O)[C@@H](O)[C@@H](CO)N1. The molecule has 138 valence electrons. The Morgan fingerprint density at radius 1 is 1.00 bits per heavy atom. The topological polar surface area (TPSA) is 93.0 Å². The molecular weight excluding hydrogens is 294 g/mol. The lowest BCUT2D eigenvalue weighted by Crippen LogP contribution is -2.59. The molecule has 0 saturated carbocycles. The van der Waals surface area contributed by atoms with Gasteiger partial charge in [-0.1, -0.05) is 58.3 Å². The standard InChI is InChI=1S/C18H37NO4/c1-2-3-4-5-6-7-8-9-10-15(21)11-14-12-17(22)18(23)16(13-20)19-14/h14-23H,2-13H2,1H3/t14-,15?,16+,17-,18-/m0/s1. The Morgan fingerprint density at radius 2 is 1.61 bits per heavy atom. The van der Waals surface area contributed by atoms with Crippen LogP contribution in [0.3, 0.4) is 0 Å². The second-order valence-corrected chi connectivity index (χ2v) is 7.10. The second-order valence-electron chi connectivity index (χ2n) is 7.10. The van der Waals surface area contributed by atoms with E-state index < -0.39 is 18.2 Å². The molecule has 1 unspecified atom stereocenters. The molecule has 5 N–H and O–H groups in total. The van der Waals surface area contributed by atoms with Crippen LogP contribution in [-0.2, 0) is 0 Å². The van der Waals surface area contributed by atoms with Gasteiger partial charge in [-0.2, -0.15) is 0 Å². The summed E-state index contributed by atoms with van der Waals surface area (Å²) < 4.78 is 0. The molecule has 5 atom stereocenters. The molecule has 0 bridgehead atoms. The van der Waals surface area contributed by atoms with E-state index in [2.05, 4.69) is 12.2 Å². The number of nitrogens with one attached hydrogen (secondary N) is 1. The molecule has 23 heavy (non-hydrogen) atoms. The lowest BCUT2D eigenvalue weighted by Gasteiger charge is -2.38. The molecular formula is C18H37NO4. The Labute approximate surface area is 141 Å². The highest BCUT2D eigenvalue weighted by Crippen LogP contribution is 2.20. The molecule has 1 rings (SSSR count). The Kier molecular flexibility index (Phi) is 11.1. The third kappa shape index (κ3) is 8.45. The van der Waals surface area contributed by atoms with Crippen LogP contribution in [0, 0.1) is 0 Å². The Hall–Kier alpha value is -0.200. The van der Waals surface area contributed by atoms with Gasteiger partial charge in [0.1, 0.15) is 0 Å². The highest BCUT2D eigenvalue weighted by atomic mass is 16.3. The van der Waals surface area contributed by atoms with E-state index >= 15 is 0 Å². The smallest absolute Gasteiger partial charge is 0.0974 e. The van der Waals surface area contributed by atoms with Gasteiger partial charge in [-0.05, 0) is 19.3 Å². The number of aliphatic hydroxyl groups is 4. The van der Waals surface area contributed by atoms with Gasteiger partial charge in [0.05, 0.1) is 31.0 Å². The first-order valence-electron chi connectivity index (χ1n) is 9.49. The van der Waals surface area contributed by atoms with Crippen LogP contribution >= 0.6 is 0 Å². The zero-order valence-electron chi connectivity index (χ0n) is 14.7. The van der Waals surface area contributed by atoms with Gasteiger partial charge in [0.25, 0.3) is 0 Å². The van der Waals surface area contributed by atoms with Gasteiger partial charge >= 0.3 is 0 Å². The predicted molar refractivity (Wildman–Crippen MR) is 92.3 cm³/mol. The van der Waals surface area contributed by atoms with E-state index in [0.29, 0.717) is 12.8 Å². The summed E-state index contributed by atoms with van der Waals surface area (Å²) in [5.74, 6) is 0. The minimum Gasteiger partial charge on any atom is -0.395 e. The van der Waals surface area contributed by atoms with Crippen molar-refractivity contribution in [3.05, 3.63) is 0 Å². The molecule has 0 aromatic carbocycles. The molecule has 0 aromatic rings.